The van der Waals surface area contributed by atoms with Crippen LogP contribution in [0, 0.1) is 41.5 Å². The zero-order chi connectivity index (χ0) is 79.5. The van der Waals surface area contributed by atoms with E-state index < -0.39 is 0 Å². The second kappa shape index (κ2) is 29.4. The van der Waals surface area contributed by atoms with Crippen molar-refractivity contribution < 1.29 is 35.9 Å². The lowest BCUT2D eigenvalue weighted by Gasteiger charge is -2.18. The van der Waals surface area contributed by atoms with E-state index in [1.54, 1.807) is 0 Å². The summed E-state index contributed by atoms with van der Waals surface area (Å²) >= 11 is 0. The van der Waals surface area contributed by atoms with Crippen LogP contribution in [0.4, 0.5) is 0 Å². The van der Waals surface area contributed by atoms with Crippen LogP contribution in [0.15, 0.2) is 279 Å². The van der Waals surface area contributed by atoms with E-state index in [2.05, 4.69) is 358 Å². The third-order valence-electron chi connectivity index (χ3n) is 25.9. The highest BCUT2D eigenvalue weighted by molar-refractivity contribution is 6.27. The minimum absolute atomic E-state index is 0.114. The fraction of sp³-hybridized carbons (Fsp3) is 0.222. The largest absolute Gasteiger partial charge is 0.455 e. The topological polar surface area (TPSA) is 68.1 Å². The van der Waals surface area contributed by atoms with Crippen molar-refractivity contribution in [3.05, 3.63) is 311 Å². The number of aromatic nitrogens is 4. The molecule has 0 amide bonds. The SMILES string of the molecule is Cc1c(-c2ccc(C(C)(C)C)c[n+]2C)c2oc3ccccc3c2c2ccccc12.Cc1c(-c2ccc(C3CCCC3)c[n+]2C)c2oc3ccccc3c2c2ccccc12.Cc1c(-c2ccc(C3CCCC3)c[n+]2C)c2oc3ccccc3c2c2ccccc12.Cc1cc(-c2c(C)c3ccccc3c3c2oc2ccccc23)[n+](C)cc1C. The molecule has 2 aliphatic rings. The second-order valence-electron chi connectivity index (χ2n) is 34.1. The summed E-state index contributed by atoms with van der Waals surface area (Å²) in [4.78, 5) is 0. The van der Waals surface area contributed by atoms with Crippen molar-refractivity contribution in [2.75, 3.05) is 0 Å². The standard InChI is InChI=1S/2C28H26NO.C27H26NO.C25H22NO/c2*1-18-21-11-5-6-12-22(21)27-23-13-7-8-14-25(23)30-28(27)26(18)24-16-15-20(17-29(24)2)19-9-3-4-10-19;1-17-19-10-6-7-11-20(19)25-21-12-8-9-13-23(21)29-26(25)24(17)22-15-14-18(16-28(22)5)27(2,3)4;1-15-13-21(26(4)14-16(15)2)23-17(3)18-9-5-6-10-19(18)24-20-11-7-8-12-22(20)27-25(23)24/h2*5-8,11-17,19H,3-4,9-10H2,1-2H3;6-16H,1-5H3;5-14H,1-4H3/q4*+1. The van der Waals surface area contributed by atoms with E-state index in [1.807, 2.05) is 12.1 Å². The minimum Gasteiger partial charge on any atom is -0.455 e. The lowest BCUT2D eigenvalue weighted by Crippen LogP contribution is -2.33. The van der Waals surface area contributed by atoms with E-state index in [1.165, 1.54) is 233 Å². The summed E-state index contributed by atoms with van der Waals surface area (Å²) in [5, 5.41) is 19.8. The Kier molecular flexibility index (Phi) is 18.7. The average Bonchev–Trinajstić information content (AvgIpc) is 1.55. The summed E-state index contributed by atoms with van der Waals surface area (Å²) < 4.78 is 35.0. The van der Waals surface area contributed by atoms with Crippen LogP contribution in [0.25, 0.3) is 176 Å². The molecule has 572 valence electrons. The third kappa shape index (κ3) is 12.5. The van der Waals surface area contributed by atoms with Gasteiger partial charge in [-0.2, -0.15) is 0 Å². The first-order valence-corrected chi connectivity index (χ1v) is 41.6. The van der Waals surface area contributed by atoms with Crippen molar-refractivity contribution in [2.45, 2.75) is 131 Å². The van der Waals surface area contributed by atoms with Crippen molar-refractivity contribution in [3.63, 3.8) is 0 Å². The smallest absolute Gasteiger partial charge is 0.216 e. The Morgan fingerprint density at radius 2 is 0.526 bits per heavy atom. The summed E-state index contributed by atoms with van der Waals surface area (Å²) in [6, 6.07) is 84.3. The Balaban J connectivity index is 0.000000103. The molecule has 0 aliphatic heterocycles. The molecule has 0 spiro atoms. The van der Waals surface area contributed by atoms with Crippen LogP contribution < -0.4 is 18.3 Å². The van der Waals surface area contributed by atoms with Crippen LogP contribution in [0.1, 0.15) is 134 Å². The van der Waals surface area contributed by atoms with Gasteiger partial charge in [0.15, 0.2) is 24.8 Å². The molecule has 0 N–H and O–H groups in total. The van der Waals surface area contributed by atoms with Gasteiger partial charge in [-0.15, -0.1) is 0 Å². The number of fused-ring (bicyclic) bond motifs is 20. The maximum Gasteiger partial charge on any atom is 0.216 e. The number of aryl methyl sites for hydroxylation is 10. The van der Waals surface area contributed by atoms with Gasteiger partial charge in [0.2, 0.25) is 22.8 Å². The molecule has 116 heavy (non-hydrogen) atoms. The number of hydrogen-bond donors (Lipinski definition) is 0. The second-order valence-corrected chi connectivity index (χ2v) is 34.1. The minimum atomic E-state index is 0.114. The van der Waals surface area contributed by atoms with E-state index in [9.17, 15) is 0 Å². The van der Waals surface area contributed by atoms with E-state index >= 15 is 0 Å². The Labute approximate surface area is 678 Å². The summed E-state index contributed by atoms with van der Waals surface area (Å²) in [6.45, 7) is 20.0. The number of benzene rings is 12. The lowest BCUT2D eigenvalue weighted by molar-refractivity contribution is -0.661. The zero-order valence-electron chi connectivity index (χ0n) is 69.1. The lowest BCUT2D eigenvalue weighted by atomic mass is 9.87. The van der Waals surface area contributed by atoms with Gasteiger partial charge in [0.1, 0.15) is 72.9 Å². The summed E-state index contributed by atoms with van der Waals surface area (Å²) in [5.41, 5.74) is 29.3. The van der Waals surface area contributed by atoms with Crippen molar-refractivity contribution in [3.8, 4) is 45.0 Å². The maximum absolute atomic E-state index is 6.50. The van der Waals surface area contributed by atoms with Gasteiger partial charge in [0.05, 0.1) is 22.3 Å². The Bertz CT molecular complexity index is 7120. The first-order chi connectivity index (χ1) is 56.4. The number of para-hydroxylation sites is 4. The average molecular weight is 1520 g/mol. The number of rotatable bonds is 6. The Hall–Kier alpha value is -12.5. The molecule has 8 heteroatoms. The molecule has 12 aromatic carbocycles. The van der Waals surface area contributed by atoms with Gasteiger partial charge < -0.3 is 17.7 Å². The quantitative estimate of drug-likeness (QED) is 0.156. The van der Waals surface area contributed by atoms with E-state index in [4.69, 9.17) is 17.7 Å². The predicted molar refractivity (Wildman–Crippen MR) is 481 cm³/mol. The van der Waals surface area contributed by atoms with Gasteiger partial charge in [-0.25, -0.2) is 18.3 Å². The molecule has 0 atom stereocenters. The highest BCUT2D eigenvalue weighted by Crippen LogP contribution is 2.49. The number of hydrogen-bond acceptors (Lipinski definition) is 4. The van der Waals surface area contributed by atoms with Crippen molar-refractivity contribution in [2.24, 2.45) is 28.2 Å². The molecule has 8 heterocycles. The molecule has 2 saturated carbocycles. The molecule has 8 aromatic heterocycles. The summed E-state index contributed by atoms with van der Waals surface area (Å²) in [7, 11) is 8.60. The molecule has 8 nitrogen and oxygen atoms in total. The third-order valence-corrected chi connectivity index (χ3v) is 25.9. The highest BCUT2D eigenvalue weighted by atomic mass is 16.3. The van der Waals surface area contributed by atoms with Crippen LogP contribution >= 0.6 is 0 Å². The van der Waals surface area contributed by atoms with Crippen LogP contribution in [0.2, 0.25) is 0 Å². The number of nitrogens with zero attached hydrogens (tertiary/aromatic N) is 4. The molecule has 0 saturated heterocycles. The molecule has 20 aromatic rings. The molecule has 22 rings (SSSR count). The Morgan fingerprint density at radius 1 is 0.267 bits per heavy atom. The van der Waals surface area contributed by atoms with Crippen LogP contribution in [0.5, 0.6) is 0 Å². The van der Waals surface area contributed by atoms with E-state index in [0.717, 1.165) is 44.7 Å². The van der Waals surface area contributed by atoms with E-state index in [-0.39, 0.29) is 5.41 Å². The molecule has 2 aliphatic carbocycles. The first kappa shape index (κ1) is 73.6. The van der Waals surface area contributed by atoms with E-state index in [0.29, 0.717) is 11.8 Å². The van der Waals surface area contributed by atoms with Crippen molar-refractivity contribution >= 4 is 131 Å². The van der Waals surface area contributed by atoms with Gasteiger partial charge >= 0.3 is 0 Å². The Morgan fingerprint density at radius 3 is 0.819 bits per heavy atom. The fourth-order valence-corrected chi connectivity index (χ4v) is 19.7. The van der Waals surface area contributed by atoms with Crippen LogP contribution in [-0.4, -0.2) is 0 Å². The van der Waals surface area contributed by atoms with Crippen LogP contribution in [-0.2, 0) is 33.6 Å². The summed E-state index contributed by atoms with van der Waals surface area (Å²) in [6.07, 6.45) is 19.9. The number of furan rings is 4. The summed E-state index contributed by atoms with van der Waals surface area (Å²) in [5.74, 6) is 1.43. The maximum atomic E-state index is 6.50. The van der Waals surface area contributed by atoms with Crippen molar-refractivity contribution in [1.29, 1.82) is 0 Å². The molecular weight excluding hydrogens is 1420 g/mol. The predicted octanol–water partition coefficient (Wildman–Crippen LogP) is 27.4. The molecular formula is C108H100N4O4+4. The van der Waals surface area contributed by atoms with Crippen LogP contribution in [0.3, 0.4) is 0 Å². The van der Waals surface area contributed by atoms with Gasteiger partial charge in [-0.1, -0.05) is 216 Å². The monoisotopic (exact) mass is 1520 g/mol. The molecule has 0 radical (unpaired) electrons. The number of pyridine rings is 4. The van der Waals surface area contributed by atoms with Gasteiger partial charge in [-0.05, 0) is 198 Å². The molecule has 0 unspecified atom stereocenters. The normalized spacial score (nSPS) is 13.6. The highest BCUT2D eigenvalue weighted by Gasteiger charge is 2.32. The van der Waals surface area contributed by atoms with Gasteiger partial charge in [-0.3, -0.25) is 0 Å². The molecule has 2 fully saturated rings. The fourth-order valence-electron chi connectivity index (χ4n) is 19.7. The van der Waals surface area contributed by atoms with Gasteiger partial charge in [0, 0.05) is 89.6 Å². The van der Waals surface area contributed by atoms with Crippen molar-refractivity contribution in [1.82, 2.24) is 0 Å². The zero-order valence-corrected chi connectivity index (χ0v) is 69.1. The van der Waals surface area contributed by atoms with Gasteiger partial charge in [0.25, 0.3) is 0 Å². The molecule has 0 bridgehead atoms. The first-order valence-electron chi connectivity index (χ1n) is 41.6.